The van der Waals surface area contributed by atoms with E-state index in [0.29, 0.717) is 5.56 Å². The lowest BCUT2D eigenvalue weighted by molar-refractivity contribution is -0.150. The number of phenols is 2. The zero-order valence-electron chi connectivity index (χ0n) is 13.8. The van der Waals surface area contributed by atoms with Gasteiger partial charge in [-0.2, -0.15) is 0 Å². The molecule has 0 aliphatic heterocycles. The highest BCUT2D eigenvalue weighted by molar-refractivity contribution is 5.79. The molecule has 2 aromatic carbocycles. The van der Waals surface area contributed by atoms with Crippen LogP contribution in [0.3, 0.4) is 0 Å². The number of hydrogen-bond acceptors (Lipinski definition) is 8. The number of benzene rings is 2. The van der Waals surface area contributed by atoms with E-state index in [0.717, 1.165) is 12.1 Å². The highest BCUT2D eigenvalue weighted by Gasteiger charge is 2.29. The van der Waals surface area contributed by atoms with Gasteiger partial charge in [-0.3, -0.25) is 4.79 Å². The average Bonchev–Trinajstić information content (AvgIpc) is 2.66. The molecule has 8 heteroatoms. The molecule has 0 amide bonds. The summed E-state index contributed by atoms with van der Waals surface area (Å²) in [6.45, 7) is 1.55. The predicted molar refractivity (Wildman–Crippen MR) is 88.7 cm³/mol. The minimum atomic E-state index is -1.92. The summed E-state index contributed by atoms with van der Waals surface area (Å²) in [7, 11) is 0. The Morgan fingerprint density at radius 2 is 1.46 bits per heavy atom. The van der Waals surface area contributed by atoms with Gasteiger partial charge in [-0.15, -0.1) is 0 Å². The van der Waals surface area contributed by atoms with Gasteiger partial charge in [-0.05, 0) is 17.7 Å². The molecule has 0 radical (unpaired) electrons. The molecular formula is C18H18O8. The quantitative estimate of drug-likeness (QED) is 0.344. The maximum atomic E-state index is 12.0. The maximum Gasteiger partial charge on any atom is 0.343 e. The first-order valence-electron chi connectivity index (χ1n) is 7.73. The fourth-order valence-electron chi connectivity index (χ4n) is 2.03. The fourth-order valence-corrected chi connectivity index (χ4v) is 2.03. The minimum Gasteiger partial charge on any atom is -0.502 e. The number of aliphatic hydroxyl groups excluding tert-OH is 2. The van der Waals surface area contributed by atoms with Crippen molar-refractivity contribution in [3.8, 4) is 23.0 Å². The number of ether oxygens (including phenoxy) is 2. The molecule has 0 saturated carbocycles. The second-order valence-corrected chi connectivity index (χ2v) is 5.31. The monoisotopic (exact) mass is 362 g/mol. The molecule has 2 aromatic rings. The molecule has 2 rings (SSSR count). The predicted octanol–water partition coefficient (Wildman–Crippen LogP) is 1.41. The van der Waals surface area contributed by atoms with Gasteiger partial charge in [0.05, 0.1) is 0 Å². The van der Waals surface area contributed by atoms with Crippen molar-refractivity contribution in [2.24, 2.45) is 0 Å². The molecule has 0 aliphatic carbocycles. The molecule has 4 N–H and O–H groups in total. The first-order valence-corrected chi connectivity index (χ1v) is 7.73. The number of rotatable bonds is 6. The van der Waals surface area contributed by atoms with Gasteiger partial charge in [-0.25, -0.2) is 4.79 Å². The van der Waals surface area contributed by atoms with Gasteiger partial charge in [0.1, 0.15) is 6.10 Å². The summed E-state index contributed by atoms with van der Waals surface area (Å²) in [5.74, 6) is -4.29. The molecule has 0 fully saturated rings. The molecule has 26 heavy (non-hydrogen) atoms. The largest absolute Gasteiger partial charge is 0.502 e. The van der Waals surface area contributed by atoms with Crippen LogP contribution in [0.2, 0.25) is 0 Å². The van der Waals surface area contributed by atoms with Crippen LogP contribution in [0.25, 0.3) is 0 Å². The zero-order valence-corrected chi connectivity index (χ0v) is 13.8. The summed E-state index contributed by atoms with van der Waals surface area (Å²) in [5, 5.41) is 39.7. The molecule has 0 spiro atoms. The molecule has 0 saturated heterocycles. The number of esters is 2. The van der Waals surface area contributed by atoms with Crippen LogP contribution in [0.5, 0.6) is 23.0 Å². The lowest BCUT2D eigenvalue weighted by atomic mass is 10.0. The van der Waals surface area contributed by atoms with E-state index < -0.39 is 41.4 Å². The number of aromatic hydroxyl groups is 2. The van der Waals surface area contributed by atoms with E-state index in [-0.39, 0.29) is 12.2 Å². The van der Waals surface area contributed by atoms with E-state index in [9.17, 15) is 30.0 Å². The van der Waals surface area contributed by atoms with Crippen LogP contribution in [0, 0.1) is 0 Å². The van der Waals surface area contributed by atoms with Crippen molar-refractivity contribution in [1.29, 1.82) is 0 Å². The van der Waals surface area contributed by atoms with Gasteiger partial charge >= 0.3 is 11.9 Å². The van der Waals surface area contributed by atoms with Crippen LogP contribution >= 0.6 is 0 Å². The Balaban J connectivity index is 2.13. The van der Waals surface area contributed by atoms with Crippen LogP contribution < -0.4 is 9.47 Å². The number of phenolic OH excluding ortho intramolecular Hbond substituents is 2. The van der Waals surface area contributed by atoms with Crippen LogP contribution in [0.4, 0.5) is 0 Å². The first-order chi connectivity index (χ1) is 12.3. The number of aliphatic hydroxyl groups is 2. The average molecular weight is 362 g/mol. The van der Waals surface area contributed by atoms with E-state index in [4.69, 9.17) is 9.47 Å². The van der Waals surface area contributed by atoms with Crippen molar-refractivity contribution in [3.05, 3.63) is 48.0 Å². The number of carbonyl (C=O) groups excluding carboxylic acids is 2. The Kier molecular flexibility index (Phi) is 6.16. The van der Waals surface area contributed by atoms with Crippen LogP contribution in [0.1, 0.15) is 25.0 Å². The van der Waals surface area contributed by atoms with E-state index in [1.807, 2.05) is 0 Å². The summed E-state index contributed by atoms with van der Waals surface area (Å²) in [6.07, 6.45) is -3.40. The van der Waals surface area contributed by atoms with E-state index in [2.05, 4.69) is 0 Å². The van der Waals surface area contributed by atoms with Crippen molar-refractivity contribution in [2.75, 3.05) is 0 Å². The normalized spacial score (nSPS) is 12.9. The summed E-state index contributed by atoms with van der Waals surface area (Å²) < 4.78 is 9.62. The summed E-state index contributed by atoms with van der Waals surface area (Å²) >= 11 is 0. The van der Waals surface area contributed by atoms with Gasteiger partial charge in [-0.1, -0.05) is 37.3 Å². The molecule has 138 valence electrons. The van der Waals surface area contributed by atoms with E-state index in [1.165, 1.54) is 12.1 Å². The molecule has 2 atom stereocenters. The Bertz CT molecular complexity index is 787. The van der Waals surface area contributed by atoms with Crippen molar-refractivity contribution in [1.82, 2.24) is 0 Å². The molecule has 0 bridgehead atoms. The third kappa shape index (κ3) is 4.29. The standard InChI is InChI=1S/C18H18O8/c1-2-13(19)25-11-8-9-12(16(22)15(11)21)26-18(24)17(23)14(20)10-6-4-3-5-7-10/h3-9,14,17,20-23H,2H2,1H3. The molecular weight excluding hydrogens is 344 g/mol. The zero-order chi connectivity index (χ0) is 19.3. The summed E-state index contributed by atoms with van der Waals surface area (Å²) in [6, 6.07) is 10.2. The van der Waals surface area contributed by atoms with Gasteiger partial charge < -0.3 is 29.9 Å². The third-order valence-corrected chi connectivity index (χ3v) is 3.48. The lowest BCUT2D eigenvalue weighted by Crippen LogP contribution is -2.31. The summed E-state index contributed by atoms with van der Waals surface area (Å²) in [5.41, 5.74) is 0.297. The Morgan fingerprint density at radius 3 is 2.00 bits per heavy atom. The van der Waals surface area contributed by atoms with Crippen molar-refractivity contribution >= 4 is 11.9 Å². The Morgan fingerprint density at radius 1 is 0.923 bits per heavy atom. The lowest BCUT2D eigenvalue weighted by Gasteiger charge is -2.17. The Labute approximate surface area is 148 Å². The second kappa shape index (κ2) is 8.32. The highest BCUT2D eigenvalue weighted by Crippen LogP contribution is 2.42. The maximum absolute atomic E-state index is 12.0. The molecule has 0 heterocycles. The van der Waals surface area contributed by atoms with Crippen LogP contribution in [-0.2, 0) is 9.59 Å². The van der Waals surface area contributed by atoms with Crippen LogP contribution in [0.15, 0.2) is 42.5 Å². The minimum absolute atomic E-state index is 0.0561. The van der Waals surface area contributed by atoms with E-state index >= 15 is 0 Å². The molecule has 0 aliphatic rings. The summed E-state index contributed by atoms with van der Waals surface area (Å²) in [4.78, 5) is 23.2. The third-order valence-electron chi connectivity index (χ3n) is 3.48. The molecule has 8 nitrogen and oxygen atoms in total. The SMILES string of the molecule is CCC(=O)Oc1ccc(OC(=O)C(O)C(O)c2ccccc2)c(O)c1O. The second-order valence-electron chi connectivity index (χ2n) is 5.31. The molecule has 0 aromatic heterocycles. The number of carbonyl (C=O) groups is 2. The van der Waals surface area contributed by atoms with Gasteiger partial charge in [0, 0.05) is 6.42 Å². The van der Waals surface area contributed by atoms with E-state index in [1.54, 1.807) is 25.1 Å². The number of hydrogen-bond donors (Lipinski definition) is 4. The first kappa shape index (κ1) is 19.2. The van der Waals surface area contributed by atoms with Gasteiger partial charge in [0.15, 0.2) is 17.6 Å². The smallest absolute Gasteiger partial charge is 0.343 e. The topological polar surface area (TPSA) is 134 Å². The van der Waals surface area contributed by atoms with Crippen LogP contribution in [-0.4, -0.2) is 38.5 Å². The highest BCUT2D eigenvalue weighted by atomic mass is 16.6. The Hall–Kier alpha value is -3.10. The fraction of sp³-hybridized carbons (Fsp3) is 0.222. The molecule has 2 unspecified atom stereocenters. The van der Waals surface area contributed by atoms with Crippen molar-refractivity contribution in [2.45, 2.75) is 25.6 Å². The van der Waals surface area contributed by atoms with Gasteiger partial charge in [0.25, 0.3) is 0 Å². The van der Waals surface area contributed by atoms with Crippen molar-refractivity contribution < 1.29 is 39.5 Å². The van der Waals surface area contributed by atoms with Gasteiger partial charge in [0.2, 0.25) is 11.5 Å². The van der Waals surface area contributed by atoms with Crippen molar-refractivity contribution in [3.63, 3.8) is 0 Å².